The van der Waals surface area contributed by atoms with Gasteiger partial charge in [0, 0.05) is 6.54 Å². The lowest BCUT2D eigenvalue weighted by Crippen LogP contribution is -2.37. The van der Waals surface area contributed by atoms with E-state index in [0.29, 0.717) is 6.10 Å². The maximum absolute atomic E-state index is 5.90. The SMILES string of the molecule is CC(C)Oc1ccc(OC2CCCNC2)cc1. The molecule has 0 amide bonds. The van der Waals surface area contributed by atoms with Crippen molar-refractivity contribution in [1.82, 2.24) is 5.32 Å². The molecule has 1 aromatic rings. The molecule has 1 saturated heterocycles. The summed E-state index contributed by atoms with van der Waals surface area (Å²) >= 11 is 0. The minimum atomic E-state index is 0.212. The first-order valence-electron chi connectivity index (χ1n) is 6.38. The standard InChI is InChI=1S/C14H21NO2/c1-11(2)16-12-5-7-13(8-6-12)17-14-4-3-9-15-10-14/h5-8,11,14-15H,3-4,9-10H2,1-2H3. The molecule has 1 aliphatic rings. The molecular weight excluding hydrogens is 214 g/mol. The molecule has 94 valence electrons. The summed E-state index contributed by atoms with van der Waals surface area (Å²) in [5, 5.41) is 3.34. The van der Waals surface area contributed by atoms with E-state index in [1.807, 2.05) is 38.1 Å². The second-order valence-electron chi connectivity index (χ2n) is 4.72. The average molecular weight is 235 g/mol. The number of hydrogen-bond donors (Lipinski definition) is 1. The largest absolute Gasteiger partial charge is 0.491 e. The van der Waals surface area contributed by atoms with E-state index in [9.17, 15) is 0 Å². The van der Waals surface area contributed by atoms with Gasteiger partial charge in [-0.2, -0.15) is 0 Å². The molecule has 1 atom stereocenters. The first-order valence-corrected chi connectivity index (χ1v) is 6.38. The second kappa shape index (κ2) is 5.92. The van der Waals surface area contributed by atoms with Crippen molar-refractivity contribution in [2.45, 2.75) is 38.9 Å². The zero-order valence-corrected chi connectivity index (χ0v) is 10.6. The minimum absolute atomic E-state index is 0.212. The topological polar surface area (TPSA) is 30.5 Å². The Morgan fingerprint density at radius 1 is 1.18 bits per heavy atom. The van der Waals surface area contributed by atoms with Gasteiger partial charge in [-0.05, 0) is 57.5 Å². The van der Waals surface area contributed by atoms with E-state index in [4.69, 9.17) is 9.47 Å². The predicted octanol–water partition coefficient (Wildman–Crippen LogP) is 2.60. The van der Waals surface area contributed by atoms with Gasteiger partial charge in [0.25, 0.3) is 0 Å². The van der Waals surface area contributed by atoms with Crippen LogP contribution in [0.15, 0.2) is 24.3 Å². The van der Waals surface area contributed by atoms with Crippen LogP contribution >= 0.6 is 0 Å². The van der Waals surface area contributed by atoms with Crippen molar-refractivity contribution in [2.75, 3.05) is 13.1 Å². The highest BCUT2D eigenvalue weighted by molar-refractivity contribution is 5.31. The van der Waals surface area contributed by atoms with Crippen LogP contribution in [0.1, 0.15) is 26.7 Å². The number of benzene rings is 1. The fourth-order valence-electron chi connectivity index (χ4n) is 1.98. The number of nitrogens with one attached hydrogen (secondary N) is 1. The first-order chi connectivity index (χ1) is 8.24. The predicted molar refractivity (Wildman–Crippen MR) is 68.7 cm³/mol. The van der Waals surface area contributed by atoms with Gasteiger partial charge in [-0.3, -0.25) is 0 Å². The van der Waals surface area contributed by atoms with Crippen LogP contribution in [0.3, 0.4) is 0 Å². The second-order valence-corrected chi connectivity index (χ2v) is 4.72. The summed E-state index contributed by atoms with van der Waals surface area (Å²) in [6.45, 7) is 6.11. The molecule has 0 spiro atoms. The minimum Gasteiger partial charge on any atom is -0.491 e. The third kappa shape index (κ3) is 3.93. The number of ether oxygens (including phenoxy) is 2. The van der Waals surface area contributed by atoms with Crippen LogP contribution in [0.5, 0.6) is 11.5 Å². The lowest BCUT2D eigenvalue weighted by Gasteiger charge is -2.24. The zero-order chi connectivity index (χ0) is 12.1. The molecule has 0 bridgehead atoms. The zero-order valence-electron chi connectivity index (χ0n) is 10.6. The highest BCUT2D eigenvalue weighted by Gasteiger charge is 2.14. The van der Waals surface area contributed by atoms with E-state index in [0.717, 1.165) is 31.0 Å². The quantitative estimate of drug-likeness (QED) is 0.870. The van der Waals surface area contributed by atoms with Crippen LogP contribution in [-0.4, -0.2) is 25.3 Å². The Hall–Kier alpha value is -1.22. The average Bonchev–Trinajstić information content (AvgIpc) is 2.32. The third-order valence-corrected chi connectivity index (χ3v) is 2.75. The molecule has 0 radical (unpaired) electrons. The van der Waals surface area contributed by atoms with E-state index >= 15 is 0 Å². The Bertz CT molecular complexity index is 329. The molecular formula is C14H21NO2. The molecule has 1 aliphatic heterocycles. The summed E-state index contributed by atoms with van der Waals surface area (Å²) in [4.78, 5) is 0. The van der Waals surface area contributed by atoms with Crippen molar-refractivity contribution < 1.29 is 9.47 Å². The lowest BCUT2D eigenvalue weighted by atomic mass is 10.1. The van der Waals surface area contributed by atoms with Gasteiger partial charge in [0.15, 0.2) is 0 Å². The third-order valence-electron chi connectivity index (χ3n) is 2.75. The molecule has 1 aromatic carbocycles. The summed E-state index contributed by atoms with van der Waals surface area (Å²) in [7, 11) is 0. The summed E-state index contributed by atoms with van der Waals surface area (Å²) < 4.78 is 11.5. The molecule has 3 nitrogen and oxygen atoms in total. The molecule has 3 heteroatoms. The summed E-state index contributed by atoms with van der Waals surface area (Å²) in [5.41, 5.74) is 0. The molecule has 1 N–H and O–H groups in total. The molecule has 0 aliphatic carbocycles. The van der Waals surface area contributed by atoms with Crippen LogP contribution < -0.4 is 14.8 Å². The van der Waals surface area contributed by atoms with Crippen molar-refractivity contribution >= 4 is 0 Å². The molecule has 0 saturated carbocycles. The van der Waals surface area contributed by atoms with Crippen LogP contribution in [0.2, 0.25) is 0 Å². The Labute approximate surface area is 103 Å². The van der Waals surface area contributed by atoms with Crippen molar-refractivity contribution in [3.05, 3.63) is 24.3 Å². The Kier molecular flexibility index (Phi) is 4.26. The fourth-order valence-corrected chi connectivity index (χ4v) is 1.98. The van der Waals surface area contributed by atoms with Crippen LogP contribution in [0.4, 0.5) is 0 Å². The monoisotopic (exact) mass is 235 g/mol. The van der Waals surface area contributed by atoms with E-state index in [1.165, 1.54) is 6.42 Å². The van der Waals surface area contributed by atoms with Crippen LogP contribution in [0.25, 0.3) is 0 Å². The molecule has 1 fully saturated rings. The van der Waals surface area contributed by atoms with Crippen LogP contribution in [-0.2, 0) is 0 Å². The smallest absolute Gasteiger partial charge is 0.120 e. The van der Waals surface area contributed by atoms with Gasteiger partial charge in [-0.1, -0.05) is 0 Å². The van der Waals surface area contributed by atoms with E-state index < -0.39 is 0 Å². The summed E-state index contributed by atoms with van der Waals surface area (Å²) in [6, 6.07) is 7.88. The highest BCUT2D eigenvalue weighted by atomic mass is 16.5. The number of hydrogen-bond acceptors (Lipinski definition) is 3. The summed E-state index contributed by atoms with van der Waals surface area (Å²) in [5.74, 6) is 1.82. The maximum atomic E-state index is 5.90. The highest BCUT2D eigenvalue weighted by Crippen LogP contribution is 2.20. The normalized spacial score (nSPS) is 20.3. The first kappa shape index (κ1) is 12.2. The molecule has 0 aromatic heterocycles. The Balaban J connectivity index is 1.88. The van der Waals surface area contributed by atoms with Crippen molar-refractivity contribution in [3.8, 4) is 11.5 Å². The summed E-state index contributed by atoms with van der Waals surface area (Å²) in [6.07, 6.45) is 2.85. The molecule has 1 heterocycles. The Morgan fingerprint density at radius 3 is 2.47 bits per heavy atom. The molecule has 2 rings (SSSR count). The number of rotatable bonds is 4. The lowest BCUT2D eigenvalue weighted by molar-refractivity contribution is 0.166. The fraction of sp³-hybridized carbons (Fsp3) is 0.571. The van der Waals surface area contributed by atoms with Gasteiger partial charge in [-0.15, -0.1) is 0 Å². The van der Waals surface area contributed by atoms with Crippen molar-refractivity contribution in [1.29, 1.82) is 0 Å². The van der Waals surface area contributed by atoms with Gasteiger partial charge in [0.1, 0.15) is 17.6 Å². The van der Waals surface area contributed by atoms with E-state index in [1.54, 1.807) is 0 Å². The Morgan fingerprint density at radius 2 is 1.88 bits per heavy atom. The van der Waals surface area contributed by atoms with E-state index in [2.05, 4.69) is 5.32 Å². The molecule has 17 heavy (non-hydrogen) atoms. The molecule has 1 unspecified atom stereocenters. The maximum Gasteiger partial charge on any atom is 0.120 e. The van der Waals surface area contributed by atoms with Crippen molar-refractivity contribution in [2.24, 2.45) is 0 Å². The van der Waals surface area contributed by atoms with Crippen molar-refractivity contribution in [3.63, 3.8) is 0 Å². The van der Waals surface area contributed by atoms with Gasteiger partial charge in [-0.25, -0.2) is 0 Å². The van der Waals surface area contributed by atoms with E-state index in [-0.39, 0.29) is 6.10 Å². The van der Waals surface area contributed by atoms with Gasteiger partial charge >= 0.3 is 0 Å². The van der Waals surface area contributed by atoms with Gasteiger partial charge in [0.05, 0.1) is 6.10 Å². The van der Waals surface area contributed by atoms with Gasteiger partial charge in [0.2, 0.25) is 0 Å². The van der Waals surface area contributed by atoms with Crippen LogP contribution in [0, 0.1) is 0 Å². The van der Waals surface area contributed by atoms with Gasteiger partial charge < -0.3 is 14.8 Å². The number of piperidine rings is 1.